The number of pyridine rings is 1. The van der Waals surface area contributed by atoms with Crippen LogP contribution in [0.25, 0.3) is 10.9 Å². The summed E-state index contributed by atoms with van der Waals surface area (Å²) < 4.78 is 27.8. The third-order valence-electron chi connectivity index (χ3n) is 3.20. The van der Waals surface area contributed by atoms with E-state index in [1.165, 1.54) is 4.31 Å². The first kappa shape index (κ1) is 14.9. The Labute approximate surface area is 119 Å². The Kier molecular flexibility index (Phi) is 4.37. The molecule has 0 saturated heterocycles. The lowest BCUT2D eigenvalue weighted by Crippen LogP contribution is -2.41. The molecule has 0 radical (unpaired) electrons. The molecule has 1 heterocycles. The monoisotopic (exact) mass is 293 g/mol. The van der Waals surface area contributed by atoms with Gasteiger partial charge in [0.05, 0.1) is 17.8 Å². The van der Waals surface area contributed by atoms with Crippen LogP contribution in [0.3, 0.4) is 0 Å². The van der Waals surface area contributed by atoms with Crippen LogP contribution in [0.15, 0.2) is 36.4 Å². The fourth-order valence-corrected chi connectivity index (χ4v) is 2.84. The normalized spacial score (nSPS) is 12.4. The van der Waals surface area contributed by atoms with E-state index in [4.69, 9.17) is 0 Å². The van der Waals surface area contributed by atoms with E-state index >= 15 is 0 Å². The fraction of sp³-hybridized carbons (Fsp3) is 0.357. The average molecular weight is 293 g/mol. The molecule has 0 aliphatic heterocycles. The number of benzene rings is 1. The summed E-state index contributed by atoms with van der Waals surface area (Å²) in [5.74, 6) is 0. The maximum atomic E-state index is 12.0. The first-order valence-electron chi connectivity index (χ1n) is 6.47. The van der Waals surface area contributed by atoms with Crippen LogP contribution in [0.4, 0.5) is 0 Å². The first-order valence-corrected chi connectivity index (χ1v) is 7.91. The smallest absolute Gasteiger partial charge is 0.251 e. The summed E-state index contributed by atoms with van der Waals surface area (Å²) in [5, 5.41) is 1.04. The first-order chi connectivity index (χ1) is 9.40. The third-order valence-corrected chi connectivity index (χ3v) is 4.89. The van der Waals surface area contributed by atoms with E-state index in [0.29, 0.717) is 5.69 Å². The van der Waals surface area contributed by atoms with Crippen LogP contribution in [0, 0.1) is 0 Å². The molecule has 0 aliphatic carbocycles. The number of hydrogen-bond acceptors (Lipinski definition) is 3. The molecule has 20 heavy (non-hydrogen) atoms. The summed E-state index contributed by atoms with van der Waals surface area (Å²) in [4.78, 5) is 4.44. The van der Waals surface area contributed by atoms with Gasteiger partial charge in [-0.15, -0.1) is 0 Å². The van der Waals surface area contributed by atoms with Crippen LogP contribution in [0.2, 0.25) is 0 Å². The third kappa shape index (κ3) is 3.33. The molecule has 0 atom stereocenters. The van der Waals surface area contributed by atoms with Crippen molar-refractivity contribution >= 4 is 21.1 Å². The molecule has 0 aliphatic rings. The molecule has 0 spiro atoms. The quantitative estimate of drug-likeness (QED) is 0.916. The van der Waals surface area contributed by atoms with E-state index in [1.807, 2.05) is 50.2 Å². The highest BCUT2D eigenvalue weighted by molar-refractivity contribution is 7.87. The summed E-state index contributed by atoms with van der Waals surface area (Å²) in [6.07, 6.45) is 0. The molecule has 0 amide bonds. The van der Waals surface area contributed by atoms with Gasteiger partial charge in [-0.05, 0) is 26.0 Å². The highest BCUT2D eigenvalue weighted by Gasteiger charge is 2.19. The summed E-state index contributed by atoms with van der Waals surface area (Å²) in [6, 6.07) is 11.4. The van der Waals surface area contributed by atoms with Crippen LogP contribution in [0.1, 0.15) is 19.5 Å². The van der Waals surface area contributed by atoms with Gasteiger partial charge in [0.25, 0.3) is 10.2 Å². The van der Waals surface area contributed by atoms with Crippen molar-refractivity contribution in [3.05, 3.63) is 42.1 Å². The van der Waals surface area contributed by atoms with Crippen molar-refractivity contribution < 1.29 is 8.42 Å². The van der Waals surface area contributed by atoms with Crippen molar-refractivity contribution in [1.29, 1.82) is 0 Å². The minimum atomic E-state index is -3.47. The number of nitrogens with zero attached hydrogens (tertiary/aromatic N) is 2. The predicted octanol–water partition coefficient (Wildman–Crippen LogP) is 1.91. The lowest BCUT2D eigenvalue weighted by molar-refractivity contribution is 0.402. The molecule has 6 heteroatoms. The Morgan fingerprint density at radius 3 is 2.60 bits per heavy atom. The largest absolute Gasteiger partial charge is 0.279 e. The molecule has 1 aromatic heterocycles. The summed E-state index contributed by atoms with van der Waals surface area (Å²) in [5.41, 5.74) is 1.56. The zero-order valence-corrected chi connectivity index (χ0v) is 12.7. The predicted molar refractivity (Wildman–Crippen MR) is 80.4 cm³/mol. The molecular formula is C14H19N3O2S. The molecule has 1 aromatic carbocycles. The van der Waals surface area contributed by atoms with Crippen LogP contribution in [-0.2, 0) is 16.8 Å². The van der Waals surface area contributed by atoms with Crippen molar-refractivity contribution in [3.63, 3.8) is 0 Å². The van der Waals surface area contributed by atoms with E-state index in [0.717, 1.165) is 10.9 Å². The van der Waals surface area contributed by atoms with E-state index in [2.05, 4.69) is 9.71 Å². The number of fused-ring (bicyclic) bond motifs is 1. The highest BCUT2D eigenvalue weighted by Crippen LogP contribution is 2.12. The molecule has 0 unspecified atom stereocenters. The van der Waals surface area contributed by atoms with Gasteiger partial charge in [0.1, 0.15) is 0 Å². The van der Waals surface area contributed by atoms with Gasteiger partial charge in [-0.2, -0.15) is 17.4 Å². The topological polar surface area (TPSA) is 62.3 Å². The average Bonchev–Trinajstić information content (AvgIpc) is 2.44. The molecule has 0 fully saturated rings. The van der Waals surface area contributed by atoms with Crippen molar-refractivity contribution in [2.75, 3.05) is 7.05 Å². The second-order valence-corrected chi connectivity index (χ2v) is 6.75. The van der Waals surface area contributed by atoms with Crippen LogP contribution in [0.5, 0.6) is 0 Å². The van der Waals surface area contributed by atoms with Gasteiger partial charge >= 0.3 is 0 Å². The Hall–Kier alpha value is -1.50. The van der Waals surface area contributed by atoms with E-state index in [9.17, 15) is 8.42 Å². The zero-order chi connectivity index (χ0) is 14.8. The van der Waals surface area contributed by atoms with E-state index < -0.39 is 10.2 Å². The number of nitrogens with one attached hydrogen (secondary N) is 1. The number of hydrogen-bond donors (Lipinski definition) is 1. The summed E-state index contributed by atoms with van der Waals surface area (Å²) in [7, 11) is -1.91. The zero-order valence-electron chi connectivity index (χ0n) is 11.9. The van der Waals surface area contributed by atoms with Gasteiger partial charge in [0, 0.05) is 18.5 Å². The number of rotatable bonds is 5. The van der Waals surface area contributed by atoms with Gasteiger partial charge < -0.3 is 0 Å². The molecule has 108 valence electrons. The Morgan fingerprint density at radius 1 is 1.20 bits per heavy atom. The van der Waals surface area contributed by atoms with Crippen LogP contribution >= 0.6 is 0 Å². The fourth-order valence-electron chi connectivity index (χ4n) is 1.75. The lowest BCUT2D eigenvalue weighted by Gasteiger charge is -2.21. The van der Waals surface area contributed by atoms with Gasteiger partial charge in [-0.25, -0.2) is 0 Å². The second-order valence-electron chi connectivity index (χ2n) is 4.93. The molecule has 0 saturated carbocycles. The molecule has 2 rings (SSSR count). The van der Waals surface area contributed by atoms with Crippen molar-refractivity contribution in [2.24, 2.45) is 0 Å². The van der Waals surface area contributed by atoms with Crippen LogP contribution in [-0.4, -0.2) is 30.8 Å². The molecule has 2 aromatic rings. The Bertz CT molecular complexity index is 698. The lowest BCUT2D eigenvalue weighted by atomic mass is 10.2. The van der Waals surface area contributed by atoms with Gasteiger partial charge in [0.15, 0.2) is 0 Å². The van der Waals surface area contributed by atoms with Crippen molar-refractivity contribution in [2.45, 2.75) is 26.4 Å². The van der Waals surface area contributed by atoms with Gasteiger partial charge in [0.2, 0.25) is 0 Å². The molecule has 0 bridgehead atoms. The van der Waals surface area contributed by atoms with Gasteiger partial charge in [-0.3, -0.25) is 4.98 Å². The maximum Gasteiger partial charge on any atom is 0.279 e. The summed E-state index contributed by atoms with van der Waals surface area (Å²) in [6.45, 7) is 3.84. The highest BCUT2D eigenvalue weighted by atomic mass is 32.2. The Balaban J connectivity index is 2.13. The number of para-hydroxylation sites is 1. The Morgan fingerprint density at radius 2 is 1.90 bits per heavy atom. The van der Waals surface area contributed by atoms with Crippen molar-refractivity contribution in [3.8, 4) is 0 Å². The summed E-state index contributed by atoms with van der Waals surface area (Å²) >= 11 is 0. The standard InChI is InChI=1S/C14H19N3O2S/c1-11(2)17(3)20(18,19)15-10-13-9-8-12-6-4-5-7-14(12)16-13/h4-9,11,15H,10H2,1-3H3. The van der Waals surface area contributed by atoms with E-state index in [-0.39, 0.29) is 12.6 Å². The second kappa shape index (κ2) is 5.87. The van der Waals surface area contributed by atoms with Gasteiger partial charge in [-0.1, -0.05) is 24.3 Å². The van der Waals surface area contributed by atoms with Crippen molar-refractivity contribution in [1.82, 2.24) is 14.0 Å². The van der Waals surface area contributed by atoms with E-state index in [1.54, 1.807) is 7.05 Å². The molecular weight excluding hydrogens is 274 g/mol. The maximum absolute atomic E-state index is 12.0. The number of aromatic nitrogens is 1. The molecule has 1 N–H and O–H groups in total. The minimum absolute atomic E-state index is 0.0861. The van der Waals surface area contributed by atoms with Crippen LogP contribution < -0.4 is 4.72 Å². The molecule has 5 nitrogen and oxygen atoms in total. The SMILES string of the molecule is CC(C)N(C)S(=O)(=O)NCc1ccc2ccccc2n1. The minimum Gasteiger partial charge on any atom is -0.251 e.